The molecule has 0 amide bonds. The van der Waals surface area contributed by atoms with Crippen molar-refractivity contribution in [3.8, 4) is 28.6 Å². The van der Waals surface area contributed by atoms with Gasteiger partial charge in [0.15, 0.2) is 0 Å². The van der Waals surface area contributed by atoms with Crippen LogP contribution in [0.4, 0.5) is 0 Å². The Morgan fingerprint density at radius 2 is 1.83 bits per heavy atom. The van der Waals surface area contributed by atoms with E-state index in [4.69, 9.17) is 9.26 Å². The van der Waals surface area contributed by atoms with Gasteiger partial charge in [0.05, 0.1) is 5.56 Å². The molecule has 3 aromatic rings. The van der Waals surface area contributed by atoms with Gasteiger partial charge in [-0.2, -0.15) is 4.98 Å². The Balaban J connectivity index is 1.89. The number of rotatable bonds is 6. The SMILES string of the molecule is Cc1cccc(-c2nc(-c3ccccc3)no2)c1OCCN(C)C. The van der Waals surface area contributed by atoms with Crippen molar-refractivity contribution >= 4 is 0 Å². The van der Waals surface area contributed by atoms with Crippen LogP contribution in [0.1, 0.15) is 5.56 Å². The van der Waals surface area contributed by atoms with Crippen molar-refractivity contribution < 1.29 is 9.26 Å². The molecular formula is C19H21N3O2. The molecule has 0 saturated heterocycles. The highest BCUT2D eigenvalue weighted by atomic mass is 16.5. The van der Waals surface area contributed by atoms with Gasteiger partial charge in [-0.05, 0) is 32.6 Å². The molecule has 124 valence electrons. The predicted octanol–water partition coefficient (Wildman–Crippen LogP) is 3.65. The summed E-state index contributed by atoms with van der Waals surface area (Å²) < 4.78 is 11.5. The molecule has 1 heterocycles. The number of hydrogen-bond acceptors (Lipinski definition) is 5. The van der Waals surface area contributed by atoms with Crippen LogP contribution in [0.25, 0.3) is 22.8 Å². The minimum Gasteiger partial charge on any atom is -0.491 e. The normalized spacial score (nSPS) is 11.0. The van der Waals surface area contributed by atoms with Gasteiger partial charge in [0, 0.05) is 12.1 Å². The third kappa shape index (κ3) is 3.63. The first-order chi connectivity index (χ1) is 11.6. The number of benzene rings is 2. The zero-order chi connectivity index (χ0) is 16.9. The molecule has 0 spiro atoms. The largest absolute Gasteiger partial charge is 0.491 e. The molecule has 0 fully saturated rings. The summed E-state index contributed by atoms with van der Waals surface area (Å²) in [4.78, 5) is 6.61. The molecule has 0 saturated carbocycles. The van der Waals surface area contributed by atoms with Crippen LogP contribution in [0.3, 0.4) is 0 Å². The molecule has 0 bridgehead atoms. The van der Waals surface area contributed by atoms with E-state index in [0.29, 0.717) is 18.3 Å². The third-order valence-corrected chi connectivity index (χ3v) is 3.69. The zero-order valence-corrected chi connectivity index (χ0v) is 14.2. The molecule has 2 aromatic carbocycles. The maximum atomic E-state index is 5.98. The lowest BCUT2D eigenvalue weighted by Gasteiger charge is -2.14. The molecule has 0 N–H and O–H groups in total. The molecule has 0 aliphatic rings. The first-order valence-electron chi connectivity index (χ1n) is 7.92. The highest BCUT2D eigenvalue weighted by Crippen LogP contribution is 2.33. The van der Waals surface area contributed by atoms with E-state index in [1.165, 1.54) is 0 Å². The topological polar surface area (TPSA) is 51.4 Å². The van der Waals surface area contributed by atoms with Gasteiger partial charge in [-0.3, -0.25) is 0 Å². The minimum atomic E-state index is 0.470. The molecule has 0 atom stereocenters. The van der Waals surface area contributed by atoms with Crippen LogP contribution < -0.4 is 4.74 Å². The highest BCUT2D eigenvalue weighted by molar-refractivity contribution is 5.67. The van der Waals surface area contributed by atoms with Crippen molar-refractivity contribution in [2.24, 2.45) is 0 Å². The number of hydrogen-bond donors (Lipinski definition) is 0. The monoisotopic (exact) mass is 323 g/mol. The van der Waals surface area contributed by atoms with Crippen LogP contribution in [0.5, 0.6) is 5.75 Å². The Hall–Kier alpha value is -2.66. The predicted molar refractivity (Wildman–Crippen MR) is 94.0 cm³/mol. The lowest BCUT2D eigenvalue weighted by Crippen LogP contribution is -2.19. The van der Waals surface area contributed by atoms with E-state index in [2.05, 4.69) is 15.0 Å². The van der Waals surface area contributed by atoms with E-state index < -0.39 is 0 Å². The number of ether oxygens (including phenoxy) is 1. The smallest absolute Gasteiger partial charge is 0.262 e. The lowest BCUT2D eigenvalue weighted by molar-refractivity contribution is 0.260. The van der Waals surface area contributed by atoms with Crippen LogP contribution in [0.2, 0.25) is 0 Å². The number of aryl methyl sites for hydroxylation is 1. The molecule has 3 rings (SSSR count). The Labute approximate surface area is 141 Å². The van der Waals surface area contributed by atoms with Crippen LogP contribution >= 0.6 is 0 Å². The van der Waals surface area contributed by atoms with Crippen molar-refractivity contribution in [2.45, 2.75) is 6.92 Å². The summed E-state index contributed by atoms with van der Waals surface area (Å²) in [6.45, 7) is 3.46. The Morgan fingerprint density at radius 1 is 1.04 bits per heavy atom. The van der Waals surface area contributed by atoms with Gasteiger partial charge in [-0.25, -0.2) is 0 Å². The summed E-state index contributed by atoms with van der Waals surface area (Å²) >= 11 is 0. The van der Waals surface area contributed by atoms with Crippen molar-refractivity contribution in [1.82, 2.24) is 15.0 Å². The molecule has 5 heteroatoms. The Morgan fingerprint density at radius 3 is 2.58 bits per heavy atom. The maximum absolute atomic E-state index is 5.98. The van der Waals surface area contributed by atoms with Crippen molar-refractivity contribution in [2.75, 3.05) is 27.2 Å². The second-order valence-corrected chi connectivity index (χ2v) is 5.89. The van der Waals surface area contributed by atoms with Crippen molar-refractivity contribution in [3.63, 3.8) is 0 Å². The summed E-state index contributed by atoms with van der Waals surface area (Å²) in [5.74, 6) is 1.84. The van der Waals surface area contributed by atoms with Crippen LogP contribution in [-0.4, -0.2) is 42.3 Å². The standard InChI is InChI=1S/C19H21N3O2/c1-14-8-7-11-16(17(14)23-13-12-22(2)3)19-20-18(21-24-19)15-9-5-4-6-10-15/h4-11H,12-13H2,1-3H3. The average Bonchev–Trinajstić information content (AvgIpc) is 3.06. The summed E-state index contributed by atoms with van der Waals surface area (Å²) in [5, 5.41) is 4.09. The summed E-state index contributed by atoms with van der Waals surface area (Å²) in [6, 6.07) is 15.7. The van der Waals surface area contributed by atoms with E-state index in [1.807, 2.05) is 69.6 Å². The molecule has 0 unspecified atom stereocenters. The fraction of sp³-hybridized carbons (Fsp3) is 0.263. The summed E-state index contributed by atoms with van der Waals surface area (Å²) in [6.07, 6.45) is 0. The number of para-hydroxylation sites is 1. The lowest BCUT2D eigenvalue weighted by atomic mass is 10.1. The number of aromatic nitrogens is 2. The minimum absolute atomic E-state index is 0.470. The molecular weight excluding hydrogens is 302 g/mol. The fourth-order valence-electron chi connectivity index (χ4n) is 2.38. The zero-order valence-electron chi connectivity index (χ0n) is 14.2. The second kappa shape index (κ2) is 7.27. The van der Waals surface area contributed by atoms with Gasteiger partial charge in [-0.1, -0.05) is 47.6 Å². The van der Waals surface area contributed by atoms with E-state index >= 15 is 0 Å². The molecule has 0 radical (unpaired) electrons. The fourth-order valence-corrected chi connectivity index (χ4v) is 2.38. The first kappa shape index (κ1) is 16.2. The molecule has 24 heavy (non-hydrogen) atoms. The van der Waals surface area contributed by atoms with Crippen LogP contribution in [-0.2, 0) is 0 Å². The van der Waals surface area contributed by atoms with E-state index in [1.54, 1.807) is 0 Å². The Kier molecular flexibility index (Phi) is 4.91. The van der Waals surface area contributed by atoms with Gasteiger partial charge in [0.2, 0.25) is 5.82 Å². The average molecular weight is 323 g/mol. The highest BCUT2D eigenvalue weighted by Gasteiger charge is 2.16. The second-order valence-electron chi connectivity index (χ2n) is 5.89. The summed E-state index contributed by atoms with van der Waals surface area (Å²) in [7, 11) is 4.04. The first-order valence-corrected chi connectivity index (χ1v) is 7.92. The quantitative estimate of drug-likeness (QED) is 0.693. The number of nitrogens with zero attached hydrogens (tertiary/aromatic N) is 3. The third-order valence-electron chi connectivity index (χ3n) is 3.69. The molecule has 1 aromatic heterocycles. The van der Waals surface area contributed by atoms with Gasteiger partial charge in [0.25, 0.3) is 5.89 Å². The summed E-state index contributed by atoms with van der Waals surface area (Å²) in [5.41, 5.74) is 2.80. The van der Waals surface area contributed by atoms with Gasteiger partial charge < -0.3 is 14.2 Å². The van der Waals surface area contributed by atoms with E-state index in [0.717, 1.165) is 29.0 Å². The Bertz CT molecular complexity index is 797. The van der Waals surface area contributed by atoms with Crippen LogP contribution in [0, 0.1) is 6.92 Å². The van der Waals surface area contributed by atoms with Crippen molar-refractivity contribution in [1.29, 1.82) is 0 Å². The van der Waals surface area contributed by atoms with E-state index in [-0.39, 0.29) is 0 Å². The van der Waals surface area contributed by atoms with Gasteiger partial charge in [0.1, 0.15) is 12.4 Å². The number of likely N-dealkylation sites (N-methyl/N-ethyl adjacent to an activating group) is 1. The van der Waals surface area contributed by atoms with E-state index in [9.17, 15) is 0 Å². The van der Waals surface area contributed by atoms with Crippen molar-refractivity contribution in [3.05, 3.63) is 54.1 Å². The van der Waals surface area contributed by atoms with Crippen LogP contribution in [0.15, 0.2) is 53.1 Å². The molecule has 5 nitrogen and oxygen atoms in total. The van der Waals surface area contributed by atoms with Gasteiger partial charge in [-0.15, -0.1) is 0 Å². The molecule has 0 aliphatic heterocycles. The maximum Gasteiger partial charge on any atom is 0.262 e. The van der Waals surface area contributed by atoms with Gasteiger partial charge >= 0.3 is 0 Å². The molecule has 0 aliphatic carbocycles.